The maximum Gasteiger partial charge on any atom is 0.0771 e. The van der Waals surface area contributed by atoms with Crippen molar-refractivity contribution in [1.82, 2.24) is 5.32 Å². The zero-order valence-corrected chi connectivity index (χ0v) is 12.3. The normalized spacial score (nSPS) is 30.0. The van der Waals surface area contributed by atoms with E-state index < -0.39 is 5.60 Å². The number of rotatable bonds is 4. The van der Waals surface area contributed by atoms with E-state index in [4.69, 9.17) is 0 Å². The van der Waals surface area contributed by atoms with Crippen LogP contribution in [0.5, 0.6) is 0 Å². The molecule has 1 aliphatic rings. The molecule has 1 unspecified atom stereocenters. The molecule has 0 aromatic carbocycles. The molecule has 0 bridgehead atoms. The van der Waals surface area contributed by atoms with E-state index in [1.54, 1.807) is 0 Å². The Kier molecular flexibility index (Phi) is 5.03. The van der Waals surface area contributed by atoms with Crippen molar-refractivity contribution in [3.63, 3.8) is 0 Å². The zero-order valence-electron chi connectivity index (χ0n) is 12.3. The molecular weight excluding hydrogens is 210 g/mol. The molecule has 2 N–H and O–H groups in total. The lowest BCUT2D eigenvalue weighted by molar-refractivity contribution is -0.0252. The van der Waals surface area contributed by atoms with Gasteiger partial charge in [0.25, 0.3) is 0 Å². The number of β-amino-alcohol motifs (C(OH)–C–C–N with tert-alkyl or cyclic N) is 1. The van der Waals surface area contributed by atoms with Gasteiger partial charge in [-0.1, -0.05) is 26.2 Å². The van der Waals surface area contributed by atoms with Crippen molar-refractivity contribution in [2.45, 2.75) is 77.9 Å². The monoisotopic (exact) mass is 241 g/mol. The number of hydrogen-bond donors (Lipinski definition) is 2. The first-order valence-electron chi connectivity index (χ1n) is 7.22. The van der Waals surface area contributed by atoms with Crippen molar-refractivity contribution in [3.8, 4) is 0 Å². The van der Waals surface area contributed by atoms with Gasteiger partial charge in [-0.2, -0.15) is 0 Å². The van der Waals surface area contributed by atoms with Crippen molar-refractivity contribution in [1.29, 1.82) is 0 Å². The Bertz CT molecular complexity index is 222. The molecule has 2 heteroatoms. The fourth-order valence-electron chi connectivity index (χ4n) is 2.78. The Labute approximate surface area is 107 Å². The summed E-state index contributed by atoms with van der Waals surface area (Å²) in [6.45, 7) is 11.4. The third-order valence-corrected chi connectivity index (χ3v) is 4.28. The Morgan fingerprint density at radius 1 is 1.06 bits per heavy atom. The van der Waals surface area contributed by atoms with E-state index in [1.165, 1.54) is 32.1 Å². The molecule has 0 heterocycles. The smallest absolute Gasteiger partial charge is 0.0771 e. The molecule has 0 radical (unpaired) electrons. The third-order valence-electron chi connectivity index (χ3n) is 4.28. The number of nitrogens with one attached hydrogen (secondary N) is 1. The summed E-state index contributed by atoms with van der Waals surface area (Å²) in [7, 11) is 0. The molecule has 1 fully saturated rings. The lowest BCUT2D eigenvalue weighted by Gasteiger charge is -2.39. The Balaban J connectivity index is 2.42. The summed E-state index contributed by atoms with van der Waals surface area (Å²) in [6, 6.07) is 0. The van der Waals surface area contributed by atoms with E-state index in [0.717, 1.165) is 5.92 Å². The molecular formula is C15H31NO. The molecule has 1 aliphatic carbocycles. The van der Waals surface area contributed by atoms with E-state index in [-0.39, 0.29) is 5.54 Å². The molecule has 0 aromatic rings. The largest absolute Gasteiger partial charge is 0.389 e. The van der Waals surface area contributed by atoms with Crippen LogP contribution in [-0.2, 0) is 0 Å². The van der Waals surface area contributed by atoms with Crippen LogP contribution in [0.25, 0.3) is 0 Å². The highest BCUT2D eigenvalue weighted by atomic mass is 16.3. The predicted octanol–water partition coefficient (Wildman–Crippen LogP) is 3.34. The second kappa shape index (κ2) is 5.71. The van der Waals surface area contributed by atoms with Crippen LogP contribution >= 0.6 is 0 Å². The van der Waals surface area contributed by atoms with Gasteiger partial charge in [0.05, 0.1) is 5.60 Å². The predicted molar refractivity (Wildman–Crippen MR) is 74.1 cm³/mol. The highest BCUT2D eigenvalue weighted by Gasteiger charge is 2.35. The van der Waals surface area contributed by atoms with Crippen LogP contribution in [0.4, 0.5) is 0 Å². The molecule has 0 aliphatic heterocycles. The first-order valence-corrected chi connectivity index (χ1v) is 7.22. The quantitative estimate of drug-likeness (QED) is 0.791. The van der Waals surface area contributed by atoms with Crippen LogP contribution in [-0.4, -0.2) is 22.8 Å². The van der Waals surface area contributed by atoms with Gasteiger partial charge in [0, 0.05) is 12.1 Å². The lowest BCUT2D eigenvalue weighted by atomic mass is 9.73. The third kappa shape index (κ3) is 4.97. The summed E-state index contributed by atoms with van der Waals surface area (Å²) in [5.41, 5.74) is -0.462. The molecule has 0 aromatic heterocycles. The average molecular weight is 241 g/mol. The van der Waals surface area contributed by atoms with Gasteiger partial charge in [-0.05, 0) is 52.4 Å². The standard InChI is InChI=1S/C15H31NO/c1-6-12-7-9-13(10-8-12)15(5,17)11-16-14(2,3)4/h12-13,16-17H,6-11H2,1-5H3. The number of hydrogen-bond acceptors (Lipinski definition) is 2. The van der Waals surface area contributed by atoms with Crippen LogP contribution in [0.15, 0.2) is 0 Å². The highest BCUT2D eigenvalue weighted by molar-refractivity contribution is 4.89. The van der Waals surface area contributed by atoms with Gasteiger partial charge < -0.3 is 10.4 Å². The summed E-state index contributed by atoms with van der Waals surface area (Å²) < 4.78 is 0. The van der Waals surface area contributed by atoms with E-state index in [1.807, 2.05) is 6.92 Å². The molecule has 1 rings (SSSR count). The van der Waals surface area contributed by atoms with Gasteiger partial charge in [-0.25, -0.2) is 0 Å². The molecule has 0 saturated heterocycles. The minimum atomic E-state index is -0.550. The van der Waals surface area contributed by atoms with Gasteiger partial charge in [0.15, 0.2) is 0 Å². The fraction of sp³-hybridized carbons (Fsp3) is 1.00. The fourth-order valence-corrected chi connectivity index (χ4v) is 2.78. The van der Waals surface area contributed by atoms with E-state index >= 15 is 0 Å². The summed E-state index contributed by atoms with van der Waals surface area (Å²) in [5.74, 6) is 1.37. The van der Waals surface area contributed by atoms with Crippen LogP contribution in [0.2, 0.25) is 0 Å². The summed E-state index contributed by atoms with van der Waals surface area (Å²) in [4.78, 5) is 0. The SMILES string of the molecule is CCC1CCC(C(C)(O)CNC(C)(C)C)CC1. The first kappa shape index (κ1) is 15.0. The second-order valence-electron chi connectivity index (χ2n) is 7.09. The summed E-state index contributed by atoms with van der Waals surface area (Å²) in [6.07, 6.45) is 6.28. The minimum Gasteiger partial charge on any atom is -0.389 e. The maximum absolute atomic E-state index is 10.6. The second-order valence-corrected chi connectivity index (χ2v) is 7.09. The average Bonchev–Trinajstić information content (AvgIpc) is 2.26. The van der Waals surface area contributed by atoms with Crippen LogP contribution in [0.3, 0.4) is 0 Å². The summed E-state index contributed by atoms with van der Waals surface area (Å²) >= 11 is 0. The van der Waals surface area contributed by atoms with Crippen molar-refractivity contribution < 1.29 is 5.11 Å². The van der Waals surface area contributed by atoms with Crippen molar-refractivity contribution in [3.05, 3.63) is 0 Å². The van der Waals surface area contributed by atoms with Gasteiger partial charge in [-0.3, -0.25) is 0 Å². The molecule has 102 valence electrons. The van der Waals surface area contributed by atoms with Gasteiger partial charge >= 0.3 is 0 Å². The Morgan fingerprint density at radius 2 is 1.59 bits per heavy atom. The van der Waals surface area contributed by atoms with Crippen LogP contribution < -0.4 is 5.32 Å². The van der Waals surface area contributed by atoms with Crippen LogP contribution in [0.1, 0.15) is 66.7 Å². The molecule has 2 nitrogen and oxygen atoms in total. The van der Waals surface area contributed by atoms with Crippen molar-refractivity contribution in [2.75, 3.05) is 6.54 Å². The van der Waals surface area contributed by atoms with Gasteiger partial charge in [0.1, 0.15) is 0 Å². The molecule has 0 amide bonds. The topological polar surface area (TPSA) is 32.3 Å². The van der Waals surface area contributed by atoms with E-state index in [2.05, 4.69) is 33.0 Å². The minimum absolute atomic E-state index is 0.0879. The zero-order chi connectivity index (χ0) is 13.1. The van der Waals surface area contributed by atoms with Gasteiger partial charge in [-0.15, -0.1) is 0 Å². The van der Waals surface area contributed by atoms with Crippen molar-refractivity contribution >= 4 is 0 Å². The van der Waals surface area contributed by atoms with E-state index in [9.17, 15) is 5.11 Å². The first-order chi connectivity index (χ1) is 7.74. The number of aliphatic hydroxyl groups is 1. The highest BCUT2D eigenvalue weighted by Crippen LogP contribution is 2.36. The maximum atomic E-state index is 10.6. The lowest BCUT2D eigenvalue weighted by Crippen LogP contribution is -2.50. The van der Waals surface area contributed by atoms with Crippen molar-refractivity contribution in [2.24, 2.45) is 11.8 Å². The Morgan fingerprint density at radius 3 is 2.00 bits per heavy atom. The van der Waals surface area contributed by atoms with Gasteiger partial charge in [0.2, 0.25) is 0 Å². The molecule has 1 saturated carbocycles. The van der Waals surface area contributed by atoms with E-state index in [0.29, 0.717) is 12.5 Å². The summed E-state index contributed by atoms with van der Waals surface area (Å²) in [5, 5.41) is 14.0. The Hall–Kier alpha value is -0.0800. The van der Waals surface area contributed by atoms with Crippen LogP contribution in [0, 0.1) is 11.8 Å². The molecule has 17 heavy (non-hydrogen) atoms. The molecule has 1 atom stereocenters. The molecule has 0 spiro atoms.